The zero-order valence-electron chi connectivity index (χ0n) is 39.6. The minimum absolute atomic E-state index is 0.178. The molecule has 362 valence electrons. The molecule has 0 fully saturated rings. The maximum Gasteiger partial charge on any atom is 0.472 e. The van der Waals surface area contributed by atoms with Crippen molar-refractivity contribution in [1.29, 1.82) is 0 Å². The Morgan fingerprint density at radius 2 is 0.839 bits per heavy atom. The van der Waals surface area contributed by atoms with E-state index in [1.54, 1.807) is 0 Å². The zero-order chi connectivity index (χ0) is 45.5. The largest absolute Gasteiger partial charge is 0.472 e. The fraction of sp³-hybridized carbons (Fsp3) is 0.804. The van der Waals surface area contributed by atoms with Crippen molar-refractivity contribution in [3.8, 4) is 0 Å². The summed E-state index contributed by atoms with van der Waals surface area (Å²) < 4.78 is 32.8. The first-order valence-corrected chi connectivity index (χ1v) is 26.6. The lowest BCUT2D eigenvalue weighted by Crippen LogP contribution is -2.29. The Hall–Kier alpha value is -2.07. The number of aliphatic hydroxyl groups is 2. The monoisotopic (exact) mass is 897 g/mol. The highest BCUT2D eigenvalue weighted by molar-refractivity contribution is 7.47. The standard InChI is InChI=1S/C51H93O10P/c1-3-5-7-9-11-13-15-17-19-21-22-23-24-25-26-27-29-31-33-35-37-39-41-43-51(55)61-49(47-60-62(56,57)59-45-48(53)44-52)46-58-50(54)42-40-38-36-34-32-30-28-20-18-16-14-12-10-8-6-4-2/h14-17,20-22,28,48-49,52-53H,3-13,18-19,23-27,29-47H2,1-2H3,(H,56,57)/b16-14-,17-15-,22-21-,28-20-. The molecule has 0 saturated carbocycles. The minimum atomic E-state index is -4.63. The predicted molar refractivity (Wildman–Crippen MR) is 256 cm³/mol. The van der Waals surface area contributed by atoms with Crippen LogP contribution in [0.25, 0.3) is 0 Å². The Balaban J connectivity index is 4.20. The van der Waals surface area contributed by atoms with Crippen LogP contribution in [-0.4, -0.2) is 65.7 Å². The molecule has 0 aliphatic rings. The summed E-state index contributed by atoms with van der Waals surface area (Å²) >= 11 is 0. The van der Waals surface area contributed by atoms with Gasteiger partial charge in [0.1, 0.15) is 12.7 Å². The van der Waals surface area contributed by atoms with E-state index in [-0.39, 0.29) is 19.4 Å². The van der Waals surface area contributed by atoms with Crippen LogP contribution in [0.1, 0.15) is 226 Å². The molecule has 0 spiro atoms. The van der Waals surface area contributed by atoms with Crippen molar-refractivity contribution in [2.75, 3.05) is 26.4 Å². The van der Waals surface area contributed by atoms with Gasteiger partial charge < -0.3 is 24.6 Å². The van der Waals surface area contributed by atoms with Gasteiger partial charge in [0.2, 0.25) is 0 Å². The number of phosphoric acid groups is 1. The summed E-state index contributed by atoms with van der Waals surface area (Å²) in [6.45, 7) is 2.36. The molecule has 0 aromatic rings. The number of carbonyl (C=O) groups excluding carboxylic acids is 2. The molecule has 0 saturated heterocycles. The summed E-state index contributed by atoms with van der Waals surface area (Å²) in [5.41, 5.74) is 0. The molecule has 10 nitrogen and oxygen atoms in total. The molecule has 62 heavy (non-hydrogen) atoms. The van der Waals surface area contributed by atoms with Gasteiger partial charge in [0.05, 0.1) is 19.8 Å². The fourth-order valence-corrected chi connectivity index (χ4v) is 7.61. The van der Waals surface area contributed by atoms with E-state index in [4.69, 9.17) is 23.6 Å². The molecule has 0 bridgehead atoms. The number of ether oxygens (including phenoxy) is 2. The van der Waals surface area contributed by atoms with Crippen molar-refractivity contribution < 1.29 is 47.8 Å². The molecule has 0 aromatic carbocycles. The van der Waals surface area contributed by atoms with Gasteiger partial charge in [-0.3, -0.25) is 18.6 Å². The number of aliphatic hydroxyl groups excluding tert-OH is 2. The van der Waals surface area contributed by atoms with Gasteiger partial charge in [-0.2, -0.15) is 0 Å². The van der Waals surface area contributed by atoms with Crippen LogP contribution in [0.4, 0.5) is 0 Å². The second kappa shape index (κ2) is 46.9. The van der Waals surface area contributed by atoms with Crippen molar-refractivity contribution >= 4 is 19.8 Å². The normalized spacial score (nSPS) is 14.1. The first-order chi connectivity index (χ1) is 30.2. The van der Waals surface area contributed by atoms with Crippen LogP contribution in [0.5, 0.6) is 0 Å². The third kappa shape index (κ3) is 45.9. The van der Waals surface area contributed by atoms with E-state index in [0.717, 1.165) is 64.2 Å². The van der Waals surface area contributed by atoms with E-state index < -0.39 is 51.8 Å². The van der Waals surface area contributed by atoms with Crippen LogP contribution in [0.2, 0.25) is 0 Å². The van der Waals surface area contributed by atoms with Crippen LogP contribution in [0, 0.1) is 0 Å². The van der Waals surface area contributed by atoms with E-state index in [1.807, 2.05) is 0 Å². The lowest BCUT2D eigenvalue weighted by molar-refractivity contribution is -0.161. The Morgan fingerprint density at radius 1 is 0.484 bits per heavy atom. The molecule has 3 unspecified atom stereocenters. The number of carbonyl (C=O) groups is 2. The summed E-state index contributed by atoms with van der Waals surface area (Å²) in [6.07, 6.45) is 52.2. The number of rotatable bonds is 47. The smallest absolute Gasteiger partial charge is 0.462 e. The third-order valence-electron chi connectivity index (χ3n) is 10.7. The Kier molecular flexibility index (Phi) is 45.3. The Labute approximate surface area is 379 Å². The average Bonchev–Trinajstić information content (AvgIpc) is 3.26. The van der Waals surface area contributed by atoms with E-state index >= 15 is 0 Å². The molecular formula is C51H93O10P. The second-order valence-electron chi connectivity index (χ2n) is 16.8. The molecule has 0 aliphatic heterocycles. The first-order valence-electron chi connectivity index (χ1n) is 25.1. The van der Waals surface area contributed by atoms with Crippen molar-refractivity contribution in [3.05, 3.63) is 48.6 Å². The quantitative estimate of drug-likeness (QED) is 0.0233. The molecule has 0 aliphatic carbocycles. The summed E-state index contributed by atoms with van der Waals surface area (Å²) in [4.78, 5) is 35.1. The van der Waals surface area contributed by atoms with Crippen molar-refractivity contribution in [1.82, 2.24) is 0 Å². The van der Waals surface area contributed by atoms with E-state index in [0.29, 0.717) is 12.8 Å². The number of esters is 2. The number of allylic oxidation sites excluding steroid dienone is 8. The van der Waals surface area contributed by atoms with Gasteiger partial charge in [0.15, 0.2) is 6.10 Å². The molecule has 0 aromatic heterocycles. The number of hydrogen-bond acceptors (Lipinski definition) is 9. The highest BCUT2D eigenvalue weighted by atomic mass is 31.2. The van der Waals surface area contributed by atoms with Gasteiger partial charge in [-0.1, -0.05) is 184 Å². The molecule has 0 radical (unpaired) electrons. The van der Waals surface area contributed by atoms with E-state index in [9.17, 15) is 24.2 Å². The molecule has 3 atom stereocenters. The maximum atomic E-state index is 12.7. The van der Waals surface area contributed by atoms with Crippen LogP contribution < -0.4 is 0 Å². The summed E-state index contributed by atoms with van der Waals surface area (Å²) in [5, 5.41) is 18.4. The van der Waals surface area contributed by atoms with E-state index in [1.165, 1.54) is 122 Å². The van der Waals surface area contributed by atoms with Crippen LogP contribution >= 0.6 is 7.82 Å². The topological polar surface area (TPSA) is 149 Å². The van der Waals surface area contributed by atoms with E-state index in [2.05, 4.69) is 62.5 Å². The molecule has 0 amide bonds. The van der Waals surface area contributed by atoms with Gasteiger partial charge in [0.25, 0.3) is 0 Å². The van der Waals surface area contributed by atoms with Gasteiger partial charge in [-0.25, -0.2) is 4.57 Å². The van der Waals surface area contributed by atoms with Crippen LogP contribution in [-0.2, 0) is 32.7 Å². The number of phosphoric ester groups is 1. The Morgan fingerprint density at radius 3 is 1.26 bits per heavy atom. The fourth-order valence-electron chi connectivity index (χ4n) is 6.82. The van der Waals surface area contributed by atoms with Crippen LogP contribution in [0.15, 0.2) is 48.6 Å². The zero-order valence-corrected chi connectivity index (χ0v) is 40.5. The predicted octanol–water partition coefficient (Wildman–Crippen LogP) is 14.1. The summed E-state index contributed by atoms with van der Waals surface area (Å²) in [5.74, 6) is -0.939. The first kappa shape index (κ1) is 59.9. The van der Waals surface area contributed by atoms with Gasteiger partial charge in [0, 0.05) is 12.8 Å². The number of unbranched alkanes of at least 4 members (excludes halogenated alkanes) is 25. The third-order valence-corrected chi connectivity index (χ3v) is 11.7. The highest BCUT2D eigenvalue weighted by Crippen LogP contribution is 2.43. The lowest BCUT2D eigenvalue weighted by Gasteiger charge is -2.20. The van der Waals surface area contributed by atoms with Crippen molar-refractivity contribution in [3.63, 3.8) is 0 Å². The lowest BCUT2D eigenvalue weighted by atomic mass is 10.0. The molecule has 0 heterocycles. The number of hydrogen-bond donors (Lipinski definition) is 3. The average molecular weight is 897 g/mol. The van der Waals surface area contributed by atoms with Gasteiger partial charge >= 0.3 is 19.8 Å². The van der Waals surface area contributed by atoms with Gasteiger partial charge in [-0.05, 0) is 77.0 Å². The maximum absolute atomic E-state index is 12.7. The summed E-state index contributed by atoms with van der Waals surface area (Å²) in [7, 11) is -4.63. The highest BCUT2D eigenvalue weighted by Gasteiger charge is 2.27. The van der Waals surface area contributed by atoms with Crippen molar-refractivity contribution in [2.24, 2.45) is 0 Å². The SMILES string of the molecule is CCCCCC/C=C\C/C=C\CCCCCCCC(=O)OCC(COP(=O)(O)OCC(O)CO)OC(=O)CCCCCCCCCCCCC/C=C\C/C=C\CCCCCCC. The molecule has 11 heteroatoms. The second-order valence-corrected chi connectivity index (χ2v) is 18.3. The minimum Gasteiger partial charge on any atom is -0.462 e. The van der Waals surface area contributed by atoms with Crippen LogP contribution in [0.3, 0.4) is 0 Å². The van der Waals surface area contributed by atoms with Crippen molar-refractivity contribution in [2.45, 2.75) is 238 Å². The molecule has 0 rings (SSSR count). The Bertz CT molecular complexity index is 1170. The molecular weight excluding hydrogens is 804 g/mol. The van der Waals surface area contributed by atoms with Gasteiger partial charge in [-0.15, -0.1) is 0 Å². The molecule has 3 N–H and O–H groups in total. The summed E-state index contributed by atoms with van der Waals surface area (Å²) in [6, 6.07) is 0.